The molecule has 0 saturated heterocycles. The number of nitrogens with zero attached hydrogens (tertiary/aromatic N) is 8. The smallest absolute Gasteiger partial charge is 0.420 e. The van der Waals surface area contributed by atoms with Crippen molar-refractivity contribution in [1.82, 2.24) is 40.1 Å². The van der Waals surface area contributed by atoms with Gasteiger partial charge in [0.25, 0.3) is 5.91 Å². The van der Waals surface area contributed by atoms with E-state index >= 15 is 0 Å². The lowest BCUT2D eigenvalue weighted by molar-refractivity contribution is -0.137. The van der Waals surface area contributed by atoms with Gasteiger partial charge in [-0.2, -0.15) is 18.3 Å². The predicted octanol–water partition coefficient (Wildman–Crippen LogP) is 4.20. The first-order valence-electron chi connectivity index (χ1n) is 13.1. The maximum absolute atomic E-state index is 13.6. The number of hydrogen-bond acceptors (Lipinski definition) is 11. The molecule has 4 aromatic rings. The van der Waals surface area contributed by atoms with Crippen molar-refractivity contribution in [3.05, 3.63) is 47.8 Å². The Kier molecular flexibility index (Phi) is 8.96. The summed E-state index contributed by atoms with van der Waals surface area (Å²) in [5.74, 6) is 0.102. The van der Waals surface area contributed by atoms with E-state index in [1.807, 2.05) is 0 Å². The molecule has 43 heavy (non-hydrogen) atoms. The average Bonchev–Trinajstić information content (AvgIpc) is 3.44. The van der Waals surface area contributed by atoms with Crippen molar-refractivity contribution in [3.63, 3.8) is 0 Å². The fraction of sp³-hybridized carbons (Fsp3) is 0.385. The monoisotopic (exact) mass is 618 g/mol. The summed E-state index contributed by atoms with van der Waals surface area (Å²) in [6, 6.07) is -0.141. The van der Waals surface area contributed by atoms with Gasteiger partial charge in [0.2, 0.25) is 5.95 Å². The number of carbonyl (C=O) groups is 1. The number of anilines is 2. The van der Waals surface area contributed by atoms with Crippen LogP contribution < -0.4 is 15.0 Å². The highest BCUT2D eigenvalue weighted by Gasteiger charge is 2.37. The van der Waals surface area contributed by atoms with E-state index in [1.165, 1.54) is 32.8 Å². The molecule has 17 heteroatoms. The molecule has 0 atom stereocenters. The molecule has 1 amide bonds. The average molecular weight is 619 g/mol. The lowest BCUT2D eigenvalue weighted by Crippen LogP contribution is -2.46. The van der Waals surface area contributed by atoms with Crippen molar-refractivity contribution in [2.24, 2.45) is 0 Å². The van der Waals surface area contributed by atoms with E-state index in [0.717, 1.165) is 0 Å². The van der Waals surface area contributed by atoms with Gasteiger partial charge < -0.3 is 14.8 Å². The second-order valence-electron chi connectivity index (χ2n) is 9.60. The maximum atomic E-state index is 13.6. The summed E-state index contributed by atoms with van der Waals surface area (Å²) < 4.78 is 51.0. The summed E-state index contributed by atoms with van der Waals surface area (Å²) in [6.45, 7) is -0.147. The molecule has 0 aromatic carbocycles. The molecule has 1 fully saturated rings. The molecule has 0 bridgehead atoms. The van der Waals surface area contributed by atoms with Crippen LogP contribution in [0.1, 0.15) is 31.2 Å². The Morgan fingerprint density at radius 3 is 2.35 bits per heavy atom. The van der Waals surface area contributed by atoms with Crippen molar-refractivity contribution in [2.75, 3.05) is 31.0 Å². The Balaban J connectivity index is 1.29. The normalized spacial score (nSPS) is 17.0. The molecule has 2 N–H and O–H groups in total. The molecule has 1 saturated carbocycles. The van der Waals surface area contributed by atoms with Gasteiger partial charge in [0.1, 0.15) is 23.6 Å². The van der Waals surface area contributed by atoms with Gasteiger partial charge in [0.05, 0.1) is 30.2 Å². The fourth-order valence-corrected chi connectivity index (χ4v) is 4.98. The van der Waals surface area contributed by atoms with Crippen LogP contribution in [0.25, 0.3) is 22.6 Å². The fourth-order valence-electron chi connectivity index (χ4n) is 4.80. The summed E-state index contributed by atoms with van der Waals surface area (Å²) in [6.07, 6.45) is 5.76. The minimum absolute atomic E-state index is 0.00457. The molecule has 226 valence electrons. The SMILES string of the molecule is COCC(=O)N(c1cnc(-c2cnc(OC)nc2)cn1)[C@H]1CC[C@H](Nc2ncc(C(F)(F)F)c(-c3n[nH]cc3Cl)n2)CC1. The van der Waals surface area contributed by atoms with Crippen LogP contribution in [0.3, 0.4) is 0 Å². The number of halogens is 4. The van der Waals surface area contributed by atoms with E-state index in [2.05, 4.69) is 45.4 Å². The van der Waals surface area contributed by atoms with E-state index in [9.17, 15) is 18.0 Å². The quantitative estimate of drug-likeness (QED) is 0.277. The zero-order valence-corrected chi connectivity index (χ0v) is 23.7. The van der Waals surface area contributed by atoms with Crippen molar-refractivity contribution in [3.8, 4) is 28.7 Å². The second-order valence-corrected chi connectivity index (χ2v) is 10.0. The third-order valence-corrected chi connectivity index (χ3v) is 7.12. The highest BCUT2D eigenvalue weighted by molar-refractivity contribution is 6.32. The molecule has 1 aliphatic carbocycles. The molecular formula is C26H26ClF3N10O3. The third kappa shape index (κ3) is 6.80. The first-order valence-corrected chi connectivity index (χ1v) is 13.5. The van der Waals surface area contributed by atoms with Gasteiger partial charge >= 0.3 is 12.2 Å². The molecule has 0 radical (unpaired) electrons. The van der Waals surface area contributed by atoms with Crippen LogP contribution in [0, 0.1) is 0 Å². The largest absolute Gasteiger partial charge is 0.467 e. The van der Waals surface area contributed by atoms with Gasteiger partial charge in [-0.25, -0.2) is 24.9 Å². The van der Waals surface area contributed by atoms with Crippen molar-refractivity contribution >= 4 is 29.3 Å². The Hall–Kier alpha value is -4.44. The van der Waals surface area contributed by atoms with Crippen LogP contribution >= 0.6 is 11.6 Å². The number of alkyl halides is 3. The van der Waals surface area contributed by atoms with Gasteiger partial charge in [-0.3, -0.25) is 19.8 Å². The van der Waals surface area contributed by atoms with Crippen molar-refractivity contribution in [1.29, 1.82) is 0 Å². The maximum Gasteiger partial charge on any atom is 0.420 e. The number of aromatic nitrogens is 8. The number of rotatable bonds is 9. The lowest BCUT2D eigenvalue weighted by atomic mass is 9.90. The highest BCUT2D eigenvalue weighted by atomic mass is 35.5. The van der Waals surface area contributed by atoms with Crippen LogP contribution in [0.5, 0.6) is 6.01 Å². The number of carbonyl (C=O) groups excluding carboxylic acids is 1. The predicted molar refractivity (Wildman–Crippen MR) is 148 cm³/mol. The van der Waals surface area contributed by atoms with Gasteiger partial charge in [0.15, 0.2) is 5.82 Å². The molecule has 0 aliphatic heterocycles. The van der Waals surface area contributed by atoms with Crippen LogP contribution in [-0.2, 0) is 15.7 Å². The zero-order chi connectivity index (χ0) is 30.6. The first-order chi connectivity index (χ1) is 20.7. The topological polar surface area (TPSA) is 157 Å². The zero-order valence-electron chi connectivity index (χ0n) is 23.0. The molecule has 0 unspecified atom stereocenters. The minimum atomic E-state index is -4.70. The van der Waals surface area contributed by atoms with E-state index in [0.29, 0.717) is 49.0 Å². The Morgan fingerprint density at radius 2 is 1.77 bits per heavy atom. The van der Waals surface area contributed by atoms with Crippen LogP contribution in [-0.4, -0.2) is 78.9 Å². The Labute approximate surface area is 248 Å². The molecule has 4 aromatic heterocycles. The number of methoxy groups -OCH3 is 2. The Morgan fingerprint density at radius 1 is 1.02 bits per heavy atom. The Bertz CT molecular complexity index is 1550. The van der Waals surface area contributed by atoms with Gasteiger partial charge in [-0.05, 0) is 25.7 Å². The van der Waals surface area contributed by atoms with Crippen molar-refractivity contribution < 1.29 is 27.4 Å². The van der Waals surface area contributed by atoms with E-state index in [1.54, 1.807) is 17.3 Å². The van der Waals surface area contributed by atoms with Gasteiger partial charge in [-0.15, -0.1) is 0 Å². The van der Waals surface area contributed by atoms with E-state index < -0.39 is 17.4 Å². The number of aromatic amines is 1. The molecule has 0 spiro atoms. The number of H-pyrrole nitrogens is 1. The summed E-state index contributed by atoms with van der Waals surface area (Å²) in [5, 5.41) is 9.40. The number of nitrogens with one attached hydrogen (secondary N) is 2. The summed E-state index contributed by atoms with van der Waals surface area (Å²) >= 11 is 6.03. The summed E-state index contributed by atoms with van der Waals surface area (Å²) in [7, 11) is 2.90. The number of amides is 1. The summed E-state index contributed by atoms with van der Waals surface area (Å²) in [5.41, 5.74) is -0.448. The van der Waals surface area contributed by atoms with Crippen LogP contribution in [0.15, 0.2) is 37.2 Å². The van der Waals surface area contributed by atoms with Gasteiger partial charge in [0, 0.05) is 49.5 Å². The molecule has 13 nitrogen and oxygen atoms in total. The number of ether oxygens (including phenoxy) is 2. The number of hydrogen-bond donors (Lipinski definition) is 2. The minimum Gasteiger partial charge on any atom is -0.467 e. The molecule has 5 rings (SSSR count). The molecule has 1 aliphatic rings. The molecule has 4 heterocycles. The summed E-state index contributed by atoms with van der Waals surface area (Å²) in [4.78, 5) is 39.7. The third-order valence-electron chi connectivity index (χ3n) is 6.84. The van der Waals surface area contributed by atoms with Crippen LogP contribution in [0.4, 0.5) is 24.9 Å². The highest BCUT2D eigenvalue weighted by Crippen LogP contribution is 2.38. The van der Waals surface area contributed by atoms with Crippen molar-refractivity contribution in [2.45, 2.75) is 43.9 Å². The van der Waals surface area contributed by atoms with Crippen LogP contribution in [0.2, 0.25) is 5.02 Å². The van der Waals surface area contributed by atoms with Gasteiger partial charge in [-0.1, -0.05) is 11.6 Å². The van der Waals surface area contributed by atoms with E-state index in [4.69, 9.17) is 21.1 Å². The van der Waals surface area contributed by atoms with E-state index in [-0.39, 0.29) is 47.3 Å². The molecular weight excluding hydrogens is 593 g/mol. The first kappa shape index (κ1) is 30.0. The standard InChI is InChI=1S/C26H26ClF3N10O3/c1-42-13-21(41)40(20-12-31-19(11-32-20)14-7-34-25(43-2)35-8-14)16-5-3-15(4-6-16)37-24-33-9-17(26(28,29)30)22(38-24)23-18(27)10-36-39-23/h7-12,15-16H,3-6,13H2,1-2H3,(H,36,39)(H,33,37,38)/t15-,16-. The lowest BCUT2D eigenvalue weighted by Gasteiger charge is -2.36. The second kappa shape index (κ2) is 12.8.